The first-order valence-corrected chi connectivity index (χ1v) is 6.15. The van der Waals surface area contributed by atoms with Crippen LogP contribution in [0.4, 0.5) is 0 Å². The van der Waals surface area contributed by atoms with Crippen LogP contribution in [0.2, 0.25) is 0 Å². The molecule has 0 amide bonds. The molecule has 0 radical (unpaired) electrons. The van der Waals surface area contributed by atoms with Gasteiger partial charge in [-0.2, -0.15) is 0 Å². The van der Waals surface area contributed by atoms with Gasteiger partial charge < -0.3 is 4.74 Å². The number of hydrogen-bond acceptors (Lipinski definition) is 1. The molecule has 88 valence electrons. The Morgan fingerprint density at radius 3 is 2.60 bits per heavy atom. The van der Waals surface area contributed by atoms with Crippen LogP contribution in [-0.2, 0) is 4.74 Å². The van der Waals surface area contributed by atoms with Gasteiger partial charge in [0.15, 0.2) is 0 Å². The summed E-state index contributed by atoms with van der Waals surface area (Å²) >= 11 is 0. The number of unbranched alkanes of at least 4 members (excludes halogenated alkanes) is 2. The van der Waals surface area contributed by atoms with E-state index in [0.717, 1.165) is 12.8 Å². The molecule has 0 saturated carbocycles. The van der Waals surface area contributed by atoms with E-state index in [0.29, 0.717) is 12.7 Å². The summed E-state index contributed by atoms with van der Waals surface area (Å²) < 4.78 is 5.77. The van der Waals surface area contributed by atoms with Crippen molar-refractivity contribution >= 4 is 0 Å². The SMILES string of the molecule is C=CCOC(CCCCC)C(C)=CCC. The molecule has 1 nitrogen and oxygen atoms in total. The minimum absolute atomic E-state index is 0.300. The average Bonchev–Trinajstić information content (AvgIpc) is 2.23. The van der Waals surface area contributed by atoms with Crippen LogP contribution in [0, 0.1) is 0 Å². The topological polar surface area (TPSA) is 9.23 Å². The molecule has 0 spiro atoms. The predicted molar refractivity (Wildman–Crippen MR) is 68.1 cm³/mol. The Hall–Kier alpha value is -0.560. The Balaban J connectivity index is 4.04. The predicted octanol–water partition coefficient (Wildman–Crippen LogP) is 4.49. The molecule has 0 heterocycles. The Bertz CT molecular complexity index is 182. The Labute approximate surface area is 95.2 Å². The first-order valence-electron chi connectivity index (χ1n) is 6.15. The van der Waals surface area contributed by atoms with Gasteiger partial charge in [0.05, 0.1) is 12.7 Å². The number of rotatable bonds is 9. The van der Waals surface area contributed by atoms with Gasteiger partial charge in [-0.3, -0.25) is 0 Å². The number of hydrogen-bond donors (Lipinski definition) is 0. The van der Waals surface area contributed by atoms with Crippen LogP contribution < -0.4 is 0 Å². The molecular formula is C14H26O. The lowest BCUT2D eigenvalue weighted by molar-refractivity contribution is 0.0919. The molecule has 0 saturated heterocycles. The van der Waals surface area contributed by atoms with E-state index in [-0.39, 0.29) is 0 Å². The highest BCUT2D eigenvalue weighted by Gasteiger charge is 2.09. The maximum absolute atomic E-state index is 5.77. The molecule has 0 aliphatic rings. The van der Waals surface area contributed by atoms with Gasteiger partial charge in [-0.05, 0) is 25.3 Å². The third kappa shape index (κ3) is 7.38. The second-order valence-electron chi connectivity index (χ2n) is 3.96. The lowest BCUT2D eigenvalue weighted by Gasteiger charge is -2.17. The molecule has 0 bridgehead atoms. The van der Waals surface area contributed by atoms with E-state index in [1.165, 1.54) is 24.8 Å². The van der Waals surface area contributed by atoms with Crippen LogP contribution in [0.15, 0.2) is 24.3 Å². The van der Waals surface area contributed by atoms with E-state index in [4.69, 9.17) is 4.74 Å². The summed E-state index contributed by atoms with van der Waals surface area (Å²) in [5.74, 6) is 0. The van der Waals surface area contributed by atoms with Crippen molar-refractivity contribution in [2.24, 2.45) is 0 Å². The summed E-state index contributed by atoms with van der Waals surface area (Å²) in [4.78, 5) is 0. The van der Waals surface area contributed by atoms with Crippen molar-refractivity contribution in [3.05, 3.63) is 24.3 Å². The molecule has 0 fully saturated rings. The zero-order valence-corrected chi connectivity index (χ0v) is 10.6. The normalized spacial score (nSPS) is 13.9. The van der Waals surface area contributed by atoms with Gasteiger partial charge in [0.2, 0.25) is 0 Å². The van der Waals surface area contributed by atoms with E-state index < -0.39 is 0 Å². The third-order valence-corrected chi connectivity index (χ3v) is 2.52. The molecule has 0 rings (SSSR count). The Kier molecular flexibility index (Phi) is 9.60. The molecule has 0 aromatic carbocycles. The quantitative estimate of drug-likeness (QED) is 0.402. The fourth-order valence-corrected chi connectivity index (χ4v) is 1.66. The molecule has 15 heavy (non-hydrogen) atoms. The Morgan fingerprint density at radius 2 is 2.07 bits per heavy atom. The van der Waals surface area contributed by atoms with Crippen molar-refractivity contribution in [2.75, 3.05) is 6.61 Å². The minimum atomic E-state index is 0.300. The molecule has 0 N–H and O–H groups in total. The van der Waals surface area contributed by atoms with Crippen LogP contribution in [0.25, 0.3) is 0 Å². The van der Waals surface area contributed by atoms with Crippen LogP contribution >= 0.6 is 0 Å². The van der Waals surface area contributed by atoms with E-state index in [9.17, 15) is 0 Å². The van der Waals surface area contributed by atoms with Gasteiger partial charge in [-0.15, -0.1) is 6.58 Å². The minimum Gasteiger partial charge on any atom is -0.370 e. The van der Waals surface area contributed by atoms with Crippen LogP contribution in [0.5, 0.6) is 0 Å². The summed E-state index contributed by atoms with van der Waals surface area (Å²) in [6.07, 6.45) is 10.4. The fraction of sp³-hybridized carbons (Fsp3) is 0.714. The molecule has 1 heteroatoms. The van der Waals surface area contributed by atoms with E-state index in [2.05, 4.69) is 33.4 Å². The maximum Gasteiger partial charge on any atom is 0.0786 e. The lowest BCUT2D eigenvalue weighted by Crippen LogP contribution is -2.14. The average molecular weight is 210 g/mol. The maximum atomic E-state index is 5.77. The highest BCUT2D eigenvalue weighted by molar-refractivity contribution is 5.04. The highest BCUT2D eigenvalue weighted by atomic mass is 16.5. The first-order chi connectivity index (χ1) is 7.26. The van der Waals surface area contributed by atoms with Crippen molar-refractivity contribution in [1.82, 2.24) is 0 Å². The fourth-order valence-electron chi connectivity index (χ4n) is 1.66. The molecule has 0 aromatic heterocycles. The van der Waals surface area contributed by atoms with Gasteiger partial charge in [0.1, 0.15) is 0 Å². The molecular weight excluding hydrogens is 184 g/mol. The zero-order chi connectivity index (χ0) is 11.5. The summed E-state index contributed by atoms with van der Waals surface area (Å²) in [6, 6.07) is 0. The lowest BCUT2D eigenvalue weighted by atomic mass is 10.0. The highest BCUT2D eigenvalue weighted by Crippen LogP contribution is 2.15. The van der Waals surface area contributed by atoms with Gasteiger partial charge in [-0.1, -0.05) is 45.3 Å². The molecule has 1 atom stereocenters. The smallest absolute Gasteiger partial charge is 0.0786 e. The van der Waals surface area contributed by atoms with Gasteiger partial charge >= 0.3 is 0 Å². The first kappa shape index (κ1) is 14.4. The number of allylic oxidation sites excluding steroid dienone is 1. The molecule has 1 unspecified atom stereocenters. The van der Waals surface area contributed by atoms with Crippen LogP contribution in [-0.4, -0.2) is 12.7 Å². The summed E-state index contributed by atoms with van der Waals surface area (Å²) in [7, 11) is 0. The molecule has 0 aliphatic carbocycles. The van der Waals surface area contributed by atoms with E-state index in [1.807, 2.05) is 6.08 Å². The van der Waals surface area contributed by atoms with E-state index >= 15 is 0 Å². The second-order valence-corrected chi connectivity index (χ2v) is 3.96. The van der Waals surface area contributed by atoms with Crippen molar-refractivity contribution in [3.8, 4) is 0 Å². The second kappa shape index (κ2) is 9.97. The van der Waals surface area contributed by atoms with E-state index in [1.54, 1.807) is 0 Å². The van der Waals surface area contributed by atoms with Gasteiger partial charge in [0.25, 0.3) is 0 Å². The van der Waals surface area contributed by atoms with Crippen molar-refractivity contribution in [1.29, 1.82) is 0 Å². The van der Waals surface area contributed by atoms with Gasteiger partial charge in [0, 0.05) is 0 Å². The van der Waals surface area contributed by atoms with Crippen molar-refractivity contribution < 1.29 is 4.74 Å². The summed E-state index contributed by atoms with van der Waals surface area (Å²) in [6.45, 7) is 10.9. The summed E-state index contributed by atoms with van der Waals surface area (Å²) in [5.41, 5.74) is 1.37. The Morgan fingerprint density at radius 1 is 1.33 bits per heavy atom. The van der Waals surface area contributed by atoms with Gasteiger partial charge in [-0.25, -0.2) is 0 Å². The summed E-state index contributed by atoms with van der Waals surface area (Å²) in [5, 5.41) is 0. The monoisotopic (exact) mass is 210 g/mol. The molecule has 0 aliphatic heterocycles. The van der Waals surface area contributed by atoms with Crippen molar-refractivity contribution in [3.63, 3.8) is 0 Å². The standard InChI is InChI=1S/C14H26O/c1-5-8-9-11-14(15-12-7-3)13(4)10-6-2/h7,10,14H,3,5-6,8-9,11-12H2,1-2,4H3. The largest absolute Gasteiger partial charge is 0.370 e. The van der Waals surface area contributed by atoms with Crippen LogP contribution in [0.3, 0.4) is 0 Å². The van der Waals surface area contributed by atoms with Crippen LogP contribution in [0.1, 0.15) is 52.9 Å². The number of ether oxygens (including phenoxy) is 1. The van der Waals surface area contributed by atoms with Crippen molar-refractivity contribution in [2.45, 2.75) is 59.0 Å². The molecule has 0 aromatic rings. The zero-order valence-electron chi connectivity index (χ0n) is 10.6. The third-order valence-electron chi connectivity index (χ3n) is 2.52.